The van der Waals surface area contributed by atoms with Gasteiger partial charge in [0.25, 0.3) is 0 Å². The number of carbonyl (C=O) groups is 1. The van der Waals surface area contributed by atoms with E-state index in [1.807, 2.05) is 19.1 Å². The Morgan fingerprint density at radius 2 is 1.67 bits per heavy atom. The summed E-state index contributed by atoms with van der Waals surface area (Å²) < 4.78 is 5.67. The van der Waals surface area contributed by atoms with Gasteiger partial charge in [-0.1, -0.05) is 6.07 Å². The van der Waals surface area contributed by atoms with E-state index in [1.165, 1.54) is 0 Å². The molecule has 3 heteroatoms. The zero-order valence-electron chi connectivity index (χ0n) is 10.4. The summed E-state index contributed by atoms with van der Waals surface area (Å²) in [5.74, 6) is 1.38. The zero-order chi connectivity index (χ0) is 13.1. The molecule has 92 valence electrons. The van der Waals surface area contributed by atoms with E-state index in [2.05, 4.69) is 0 Å². The first-order chi connectivity index (χ1) is 8.56. The molecule has 0 saturated carbocycles. The normalized spacial score (nSPS) is 10.1. The molecule has 2 aromatic rings. The molecule has 0 fully saturated rings. The Morgan fingerprint density at radius 3 is 2.28 bits per heavy atom. The molecule has 0 aliphatic heterocycles. The lowest BCUT2D eigenvalue weighted by Gasteiger charge is -2.08. The summed E-state index contributed by atoms with van der Waals surface area (Å²) in [6.45, 7) is 3.46. The van der Waals surface area contributed by atoms with Gasteiger partial charge in [0.2, 0.25) is 0 Å². The van der Waals surface area contributed by atoms with Gasteiger partial charge in [-0.15, -0.1) is 0 Å². The standard InChI is InChI=1S/C15H15NO2/c1-10-3-6-14(9-15(10)11(2)17)18-13-7-4-12(16)5-8-13/h3-9H,16H2,1-2H3. The Labute approximate surface area is 106 Å². The highest BCUT2D eigenvalue weighted by Crippen LogP contribution is 2.24. The molecule has 0 spiro atoms. The number of nitrogens with two attached hydrogens (primary N) is 1. The first-order valence-electron chi connectivity index (χ1n) is 5.71. The quantitative estimate of drug-likeness (QED) is 0.660. The Balaban J connectivity index is 2.27. The number of aryl methyl sites for hydroxylation is 1. The highest BCUT2D eigenvalue weighted by Gasteiger charge is 2.06. The molecule has 0 aliphatic carbocycles. The smallest absolute Gasteiger partial charge is 0.160 e. The first-order valence-corrected chi connectivity index (χ1v) is 5.71. The number of hydrogen-bond acceptors (Lipinski definition) is 3. The molecular weight excluding hydrogens is 226 g/mol. The Bertz CT molecular complexity index is 574. The van der Waals surface area contributed by atoms with E-state index >= 15 is 0 Å². The fourth-order valence-electron chi connectivity index (χ4n) is 1.72. The van der Waals surface area contributed by atoms with Gasteiger partial charge in [-0.2, -0.15) is 0 Å². The van der Waals surface area contributed by atoms with E-state index in [1.54, 1.807) is 37.3 Å². The van der Waals surface area contributed by atoms with Crippen LogP contribution >= 0.6 is 0 Å². The van der Waals surface area contributed by atoms with Crippen LogP contribution in [-0.2, 0) is 0 Å². The van der Waals surface area contributed by atoms with Crippen molar-refractivity contribution in [3.05, 3.63) is 53.6 Å². The fourth-order valence-corrected chi connectivity index (χ4v) is 1.72. The van der Waals surface area contributed by atoms with Gasteiger partial charge in [0, 0.05) is 11.3 Å². The molecule has 2 rings (SSSR count). The van der Waals surface area contributed by atoms with Crippen molar-refractivity contribution < 1.29 is 9.53 Å². The van der Waals surface area contributed by atoms with Gasteiger partial charge in [0.05, 0.1) is 0 Å². The van der Waals surface area contributed by atoms with Crippen molar-refractivity contribution in [2.45, 2.75) is 13.8 Å². The third kappa shape index (κ3) is 2.69. The number of ketones is 1. The number of anilines is 1. The van der Waals surface area contributed by atoms with E-state index in [4.69, 9.17) is 10.5 Å². The molecule has 18 heavy (non-hydrogen) atoms. The van der Waals surface area contributed by atoms with Crippen LogP contribution in [0, 0.1) is 6.92 Å². The Hall–Kier alpha value is -2.29. The van der Waals surface area contributed by atoms with E-state index < -0.39 is 0 Å². The van der Waals surface area contributed by atoms with Crippen molar-refractivity contribution in [1.82, 2.24) is 0 Å². The van der Waals surface area contributed by atoms with Crippen LogP contribution in [0.4, 0.5) is 5.69 Å². The number of ether oxygens (including phenoxy) is 1. The molecule has 0 atom stereocenters. The van der Waals surface area contributed by atoms with Crippen molar-refractivity contribution in [3.63, 3.8) is 0 Å². The maximum Gasteiger partial charge on any atom is 0.160 e. The Kier molecular flexibility index (Phi) is 3.33. The van der Waals surface area contributed by atoms with E-state index in [0.29, 0.717) is 22.7 Å². The van der Waals surface area contributed by atoms with Gasteiger partial charge in [0.15, 0.2) is 5.78 Å². The van der Waals surface area contributed by atoms with Crippen LogP contribution in [-0.4, -0.2) is 5.78 Å². The van der Waals surface area contributed by atoms with Gasteiger partial charge < -0.3 is 10.5 Å². The lowest BCUT2D eigenvalue weighted by Crippen LogP contribution is -1.96. The molecule has 0 aliphatic rings. The SMILES string of the molecule is CC(=O)c1cc(Oc2ccc(N)cc2)ccc1C. The number of hydrogen-bond donors (Lipinski definition) is 1. The number of carbonyl (C=O) groups excluding carboxylic acids is 1. The van der Waals surface area contributed by atoms with Crippen LogP contribution < -0.4 is 10.5 Å². The van der Waals surface area contributed by atoms with Crippen LogP contribution in [0.3, 0.4) is 0 Å². The number of rotatable bonds is 3. The lowest BCUT2D eigenvalue weighted by atomic mass is 10.1. The molecule has 0 heterocycles. The molecule has 0 saturated heterocycles. The van der Waals surface area contributed by atoms with Crippen LogP contribution in [0.5, 0.6) is 11.5 Å². The van der Waals surface area contributed by atoms with E-state index in [9.17, 15) is 4.79 Å². The second-order valence-corrected chi connectivity index (χ2v) is 4.20. The minimum Gasteiger partial charge on any atom is -0.457 e. The fraction of sp³-hybridized carbons (Fsp3) is 0.133. The summed E-state index contributed by atoms with van der Waals surface area (Å²) in [7, 11) is 0. The maximum atomic E-state index is 11.4. The van der Waals surface area contributed by atoms with Gasteiger partial charge in [-0.05, 0) is 55.8 Å². The van der Waals surface area contributed by atoms with Gasteiger partial charge in [-0.3, -0.25) is 4.79 Å². The number of benzene rings is 2. The van der Waals surface area contributed by atoms with Crippen molar-refractivity contribution in [1.29, 1.82) is 0 Å². The van der Waals surface area contributed by atoms with Gasteiger partial charge in [0.1, 0.15) is 11.5 Å². The predicted octanol–water partition coefficient (Wildman–Crippen LogP) is 3.57. The average molecular weight is 241 g/mol. The molecule has 0 aromatic heterocycles. The summed E-state index contributed by atoms with van der Waals surface area (Å²) >= 11 is 0. The van der Waals surface area contributed by atoms with Crippen molar-refractivity contribution in [3.8, 4) is 11.5 Å². The monoisotopic (exact) mass is 241 g/mol. The van der Waals surface area contributed by atoms with Crippen molar-refractivity contribution >= 4 is 11.5 Å². The number of Topliss-reactive ketones (excluding diaryl/α,β-unsaturated/α-hetero) is 1. The molecule has 0 bridgehead atoms. The van der Waals surface area contributed by atoms with Crippen LogP contribution in [0.1, 0.15) is 22.8 Å². The van der Waals surface area contributed by atoms with Crippen LogP contribution in [0.15, 0.2) is 42.5 Å². The summed E-state index contributed by atoms with van der Waals surface area (Å²) in [6, 6.07) is 12.6. The molecule has 0 amide bonds. The van der Waals surface area contributed by atoms with E-state index in [-0.39, 0.29) is 5.78 Å². The largest absolute Gasteiger partial charge is 0.457 e. The predicted molar refractivity (Wildman–Crippen MR) is 72.1 cm³/mol. The average Bonchev–Trinajstić information content (AvgIpc) is 2.34. The second kappa shape index (κ2) is 4.92. The number of nitrogen functional groups attached to an aromatic ring is 1. The van der Waals surface area contributed by atoms with E-state index in [0.717, 1.165) is 5.56 Å². The summed E-state index contributed by atoms with van der Waals surface area (Å²) in [4.78, 5) is 11.4. The molecule has 0 radical (unpaired) electrons. The second-order valence-electron chi connectivity index (χ2n) is 4.20. The Morgan fingerprint density at radius 1 is 1.06 bits per heavy atom. The topological polar surface area (TPSA) is 52.3 Å². The highest BCUT2D eigenvalue weighted by atomic mass is 16.5. The van der Waals surface area contributed by atoms with Gasteiger partial charge >= 0.3 is 0 Å². The summed E-state index contributed by atoms with van der Waals surface area (Å²) in [5, 5.41) is 0. The highest BCUT2D eigenvalue weighted by molar-refractivity contribution is 5.95. The summed E-state index contributed by atoms with van der Waals surface area (Å²) in [6.07, 6.45) is 0. The molecule has 2 aromatic carbocycles. The van der Waals surface area contributed by atoms with Gasteiger partial charge in [-0.25, -0.2) is 0 Å². The zero-order valence-corrected chi connectivity index (χ0v) is 10.4. The first kappa shape index (κ1) is 12.2. The third-order valence-corrected chi connectivity index (χ3v) is 2.70. The van der Waals surface area contributed by atoms with Crippen molar-refractivity contribution in [2.24, 2.45) is 0 Å². The lowest BCUT2D eigenvalue weighted by molar-refractivity contribution is 0.101. The molecule has 0 unspecified atom stereocenters. The minimum absolute atomic E-state index is 0.0373. The summed E-state index contributed by atoms with van der Waals surface area (Å²) in [5.41, 5.74) is 7.93. The molecular formula is C15H15NO2. The third-order valence-electron chi connectivity index (χ3n) is 2.70. The minimum atomic E-state index is 0.0373. The van der Waals surface area contributed by atoms with Crippen LogP contribution in [0.25, 0.3) is 0 Å². The maximum absolute atomic E-state index is 11.4. The molecule has 2 N–H and O–H groups in total. The van der Waals surface area contributed by atoms with Crippen LogP contribution in [0.2, 0.25) is 0 Å². The molecule has 3 nitrogen and oxygen atoms in total. The van der Waals surface area contributed by atoms with Crippen molar-refractivity contribution in [2.75, 3.05) is 5.73 Å².